The largest absolute Gasteiger partial charge is 0.506 e. The third-order valence-electron chi connectivity index (χ3n) is 2.53. The Hall–Kier alpha value is -0.500. The summed E-state index contributed by atoms with van der Waals surface area (Å²) in [5.74, 6) is 0.393. The molecule has 15 heavy (non-hydrogen) atoms. The minimum Gasteiger partial charge on any atom is -0.506 e. The average molecular weight is 271 g/mol. The molecule has 1 N–H and O–H groups in total. The summed E-state index contributed by atoms with van der Waals surface area (Å²) >= 11 is 3.41. The fourth-order valence-electron chi connectivity index (χ4n) is 1.55. The van der Waals surface area contributed by atoms with Crippen LogP contribution in [0.3, 0.4) is 0 Å². The molecule has 0 fully saturated rings. The standard InChI is InChI=1S/C13H19BrO/c1-5-6-9-7-10(13(2,3)4)8-11(14)12(9)15/h7-8,15H,5-6H2,1-4H3. The van der Waals surface area contributed by atoms with Crippen molar-refractivity contribution in [3.8, 4) is 5.75 Å². The molecule has 0 heterocycles. The van der Waals surface area contributed by atoms with Gasteiger partial charge in [-0.2, -0.15) is 0 Å². The van der Waals surface area contributed by atoms with E-state index in [1.807, 2.05) is 6.07 Å². The van der Waals surface area contributed by atoms with Crippen LogP contribution in [0.4, 0.5) is 0 Å². The van der Waals surface area contributed by atoms with Crippen molar-refractivity contribution in [2.24, 2.45) is 0 Å². The second-order valence-corrected chi connectivity index (χ2v) is 5.82. The SMILES string of the molecule is CCCc1cc(C(C)(C)C)cc(Br)c1O. The van der Waals surface area contributed by atoms with Crippen molar-refractivity contribution in [1.82, 2.24) is 0 Å². The van der Waals surface area contributed by atoms with E-state index in [-0.39, 0.29) is 5.41 Å². The van der Waals surface area contributed by atoms with Crippen molar-refractivity contribution in [2.75, 3.05) is 0 Å². The Bertz CT molecular complexity index is 350. The van der Waals surface area contributed by atoms with Gasteiger partial charge in [0.1, 0.15) is 5.75 Å². The maximum Gasteiger partial charge on any atom is 0.132 e. The number of benzene rings is 1. The number of rotatable bonds is 2. The third kappa shape index (κ3) is 2.97. The molecule has 0 aliphatic rings. The zero-order valence-corrected chi connectivity index (χ0v) is 11.5. The molecule has 0 radical (unpaired) electrons. The van der Waals surface area contributed by atoms with E-state index in [9.17, 15) is 5.11 Å². The van der Waals surface area contributed by atoms with E-state index >= 15 is 0 Å². The van der Waals surface area contributed by atoms with Crippen molar-refractivity contribution in [1.29, 1.82) is 0 Å². The number of aryl methyl sites for hydroxylation is 1. The van der Waals surface area contributed by atoms with Crippen LogP contribution >= 0.6 is 15.9 Å². The molecule has 84 valence electrons. The van der Waals surface area contributed by atoms with E-state index < -0.39 is 0 Å². The van der Waals surface area contributed by atoms with Gasteiger partial charge in [-0.25, -0.2) is 0 Å². The summed E-state index contributed by atoms with van der Waals surface area (Å²) in [5, 5.41) is 9.87. The smallest absolute Gasteiger partial charge is 0.132 e. The normalized spacial score (nSPS) is 11.8. The molecular weight excluding hydrogens is 252 g/mol. The van der Waals surface area contributed by atoms with Crippen LogP contribution in [0.5, 0.6) is 5.75 Å². The van der Waals surface area contributed by atoms with Gasteiger partial charge in [-0.05, 0) is 45.0 Å². The Morgan fingerprint density at radius 2 is 1.87 bits per heavy atom. The highest BCUT2D eigenvalue weighted by Crippen LogP contribution is 2.34. The molecule has 0 bridgehead atoms. The van der Waals surface area contributed by atoms with Crippen molar-refractivity contribution < 1.29 is 5.11 Å². The summed E-state index contributed by atoms with van der Waals surface area (Å²) in [6, 6.07) is 4.12. The Labute approximate surface area is 101 Å². The van der Waals surface area contributed by atoms with Gasteiger partial charge < -0.3 is 5.11 Å². The lowest BCUT2D eigenvalue weighted by atomic mass is 9.85. The van der Waals surface area contributed by atoms with E-state index in [1.165, 1.54) is 5.56 Å². The van der Waals surface area contributed by atoms with Crippen LogP contribution < -0.4 is 0 Å². The molecule has 0 unspecified atom stereocenters. The molecule has 1 aromatic carbocycles. The number of halogens is 1. The van der Waals surface area contributed by atoms with Gasteiger partial charge in [0.15, 0.2) is 0 Å². The fraction of sp³-hybridized carbons (Fsp3) is 0.538. The predicted octanol–water partition coefficient (Wildman–Crippen LogP) is 4.40. The Morgan fingerprint density at radius 3 is 2.33 bits per heavy atom. The van der Waals surface area contributed by atoms with E-state index in [1.54, 1.807) is 0 Å². The van der Waals surface area contributed by atoms with Crippen LogP contribution in [0.15, 0.2) is 16.6 Å². The molecule has 1 nitrogen and oxygen atoms in total. The molecule has 1 rings (SSSR count). The summed E-state index contributed by atoms with van der Waals surface area (Å²) < 4.78 is 0.804. The molecule has 0 atom stereocenters. The van der Waals surface area contributed by atoms with E-state index in [2.05, 4.69) is 49.7 Å². The number of phenolic OH excluding ortho intramolecular Hbond substituents is 1. The molecule has 0 aliphatic heterocycles. The summed E-state index contributed by atoms with van der Waals surface area (Å²) in [4.78, 5) is 0. The van der Waals surface area contributed by atoms with Crippen LogP contribution in [0, 0.1) is 0 Å². The number of hydrogen-bond donors (Lipinski definition) is 1. The summed E-state index contributed by atoms with van der Waals surface area (Å²) in [7, 11) is 0. The van der Waals surface area contributed by atoms with Gasteiger partial charge in [0.05, 0.1) is 4.47 Å². The Balaban J connectivity index is 3.23. The average Bonchev–Trinajstić information content (AvgIpc) is 2.11. The van der Waals surface area contributed by atoms with E-state index in [0.29, 0.717) is 5.75 Å². The van der Waals surface area contributed by atoms with Crippen LogP contribution in [-0.4, -0.2) is 5.11 Å². The first-order chi connectivity index (χ1) is 6.86. The van der Waals surface area contributed by atoms with Gasteiger partial charge in [-0.1, -0.05) is 40.2 Å². The fourth-order valence-corrected chi connectivity index (χ4v) is 2.05. The highest BCUT2D eigenvalue weighted by Gasteiger charge is 2.17. The lowest BCUT2D eigenvalue weighted by Crippen LogP contribution is -2.11. The van der Waals surface area contributed by atoms with Gasteiger partial charge in [0.25, 0.3) is 0 Å². The summed E-state index contributed by atoms with van der Waals surface area (Å²) in [6.07, 6.45) is 1.97. The molecule has 0 spiro atoms. The number of aromatic hydroxyl groups is 1. The second kappa shape index (κ2) is 4.56. The first-order valence-corrected chi connectivity index (χ1v) is 6.17. The van der Waals surface area contributed by atoms with Gasteiger partial charge in [0.2, 0.25) is 0 Å². The Kier molecular flexibility index (Phi) is 3.82. The molecular formula is C13H19BrO. The van der Waals surface area contributed by atoms with E-state index in [0.717, 1.165) is 22.9 Å². The van der Waals surface area contributed by atoms with Gasteiger partial charge in [-0.15, -0.1) is 0 Å². The number of hydrogen-bond acceptors (Lipinski definition) is 1. The lowest BCUT2D eigenvalue weighted by molar-refractivity contribution is 0.462. The molecule has 0 saturated heterocycles. The van der Waals surface area contributed by atoms with Crippen LogP contribution in [0.25, 0.3) is 0 Å². The lowest BCUT2D eigenvalue weighted by Gasteiger charge is -2.21. The van der Waals surface area contributed by atoms with E-state index in [4.69, 9.17) is 0 Å². The van der Waals surface area contributed by atoms with Crippen molar-refractivity contribution in [2.45, 2.75) is 46.0 Å². The maximum atomic E-state index is 9.87. The van der Waals surface area contributed by atoms with Crippen molar-refractivity contribution in [3.63, 3.8) is 0 Å². The topological polar surface area (TPSA) is 20.2 Å². The second-order valence-electron chi connectivity index (χ2n) is 4.97. The third-order valence-corrected chi connectivity index (χ3v) is 3.13. The molecule has 0 saturated carbocycles. The first kappa shape index (κ1) is 12.6. The highest BCUT2D eigenvalue weighted by atomic mass is 79.9. The monoisotopic (exact) mass is 270 g/mol. The predicted molar refractivity (Wildman–Crippen MR) is 68.5 cm³/mol. The van der Waals surface area contributed by atoms with Crippen LogP contribution in [-0.2, 0) is 11.8 Å². The Morgan fingerprint density at radius 1 is 1.27 bits per heavy atom. The zero-order chi connectivity index (χ0) is 11.6. The van der Waals surface area contributed by atoms with Crippen molar-refractivity contribution >= 4 is 15.9 Å². The van der Waals surface area contributed by atoms with Crippen LogP contribution in [0.2, 0.25) is 0 Å². The molecule has 0 amide bonds. The van der Waals surface area contributed by atoms with Crippen LogP contribution in [0.1, 0.15) is 45.2 Å². The zero-order valence-electron chi connectivity index (χ0n) is 9.89. The summed E-state index contributed by atoms with van der Waals surface area (Å²) in [5.41, 5.74) is 2.42. The molecule has 0 aromatic heterocycles. The minimum atomic E-state index is 0.124. The first-order valence-electron chi connectivity index (χ1n) is 5.38. The van der Waals surface area contributed by atoms with Gasteiger partial charge >= 0.3 is 0 Å². The minimum absolute atomic E-state index is 0.124. The maximum absolute atomic E-state index is 9.87. The van der Waals surface area contributed by atoms with Gasteiger partial charge in [0, 0.05) is 0 Å². The molecule has 0 aliphatic carbocycles. The molecule has 1 aromatic rings. The number of phenols is 1. The summed E-state index contributed by atoms with van der Waals surface area (Å²) in [6.45, 7) is 8.67. The van der Waals surface area contributed by atoms with Crippen molar-refractivity contribution in [3.05, 3.63) is 27.7 Å². The highest BCUT2D eigenvalue weighted by molar-refractivity contribution is 9.10. The molecule has 2 heteroatoms. The van der Waals surface area contributed by atoms with Gasteiger partial charge in [-0.3, -0.25) is 0 Å². The quantitative estimate of drug-likeness (QED) is 0.845.